The Morgan fingerprint density at radius 2 is 1.64 bits per heavy atom. The second kappa shape index (κ2) is 5.69. The van der Waals surface area contributed by atoms with Crippen molar-refractivity contribution in [3.8, 4) is 0 Å². The van der Waals surface area contributed by atoms with Crippen molar-refractivity contribution in [3.63, 3.8) is 0 Å². The fraction of sp³-hybridized carbons (Fsp3) is 1.00. The van der Waals surface area contributed by atoms with Gasteiger partial charge in [-0.05, 0) is 24.7 Å². The van der Waals surface area contributed by atoms with Gasteiger partial charge < -0.3 is 15.5 Å². The van der Waals surface area contributed by atoms with E-state index in [0.717, 1.165) is 0 Å². The van der Waals surface area contributed by atoms with E-state index in [4.69, 9.17) is 10.2 Å². The van der Waals surface area contributed by atoms with Crippen LogP contribution < -0.4 is 5.32 Å². The molecule has 3 heteroatoms. The Hall–Kier alpha value is -0.120. The first kappa shape index (κ1) is 12.0. The van der Waals surface area contributed by atoms with Crippen LogP contribution in [0.3, 0.4) is 0 Å². The molecule has 0 aliphatic heterocycles. The maximum absolute atomic E-state index is 9.01. The molecule has 14 heavy (non-hydrogen) atoms. The zero-order valence-corrected chi connectivity index (χ0v) is 9.24. The molecule has 0 aromatic rings. The molecule has 0 bridgehead atoms. The van der Waals surface area contributed by atoms with Gasteiger partial charge in [-0.1, -0.05) is 20.3 Å². The number of nitrogens with one attached hydrogen (secondary N) is 1. The van der Waals surface area contributed by atoms with Gasteiger partial charge in [0.1, 0.15) is 0 Å². The van der Waals surface area contributed by atoms with E-state index >= 15 is 0 Å². The molecule has 0 saturated heterocycles. The first-order chi connectivity index (χ1) is 6.69. The molecule has 1 aliphatic carbocycles. The van der Waals surface area contributed by atoms with Gasteiger partial charge in [-0.3, -0.25) is 0 Å². The Morgan fingerprint density at radius 3 is 2.07 bits per heavy atom. The van der Waals surface area contributed by atoms with Crippen LogP contribution in [0.2, 0.25) is 0 Å². The van der Waals surface area contributed by atoms with E-state index in [1.54, 1.807) is 0 Å². The zero-order valence-electron chi connectivity index (χ0n) is 9.24. The fourth-order valence-electron chi connectivity index (χ4n) is 2.45. The van der Waals surface area contributed by atoms with E-state index in [1.807, 2.05) is 0 Å². The summed E-state index contributed by atoms with van der Waals surface area (Å²) in [5.41, 5.74) is 0. The van der Waals surface area contributed by atoms with Crippen LogP contribution in [0, 0.1) is 11.8 Å². The molecular formula is C11H23NO2. The van der Waals surface area contributed by atoms with Gasteiger partial charge in [-0.25, -0.2) is 0 Å². The van der Waals surface area contributed by atoms with E-state index in [-0.39, 0.29) is 19.3 Å². The summed E-state index contributed by atoms with van der Waals surface area (Å²) in [6.45, 7) is 4.54. The normalized spacial score (nSPS) is 29.8. The summed E-state index contributed by atoms with van der Waals surface area (Å²) in [6, 6.07) is 0.302. The fourth-order valence-corrected chi connectivity index (χ4v) is 2.45. The van der Waals surface area contributed by atoms with Crippen LogP contribution in [-0.4, -0.2) is 35.5 Å². The van der Waals surface area contributed by atoms with Crippen molar-refractivity contribution < 1.29 is 10.2 Å². The number of rotatable bonds is 4. The number of aliphatic hydroxyl groups excluding tert-OH is 2. The topological polar surface area (TPSA) is 52.5 Å². The van der Waals surface area contributed by atoms with Crippen molar-refractivity contribution in [2.24, 2.45) is 11.8 Å². The van der Waals surface area contributed by atoms with Crippen molar-refractivity contribution in [1.29, 1.82) is 0 Å². The Bertz CT molecular complexity index is 149. The lowest BCUT2D eigenvalue weighted by molar-refractivity contribution is 0.123. The van der Waals surface area contributed by atoms with E-state index in [1.165, 1.54) is 19.3 Å². The first-order valence-corrected chi connectivity index (χ1v) is 5.66. The van der Waals surface area contributed by atoms with Crippen LogP contribution >= 0.6 is 0 Å². The van der Waals surface area contributed by atoms with Crippen LogP contribution in [-0.2, 0) is 0 Å². The average molecular weight is 201 g/mol. The monoisotopic (exact) mass is 201 g/mol. The smallest absolute Gasteiger partial charge is 0.0607 e. The third-order valence-corrected chi connectivity index (χ3v) is 3.41. The van der Waals surface area contributed by atoms with Crippen LogP contribution in [0.25, 0.3) is 0 Å². The molecule has 0 aromatic carbocycles. The van der Waals surface area contributed by atoms with Gasteiger partial charge in [0.2, 0.25) is 0 Å². The molecule has 3 nitrogen and oxygen atoms in total. The maximum atomic E-state index is 9.01. The number of aliphatic hydroxyl groups is 2. The van der Waals surface area contributed by atoms with E-state index < -0.39 is 0 Å². The van der Waals surface area contributed by atoms with E-state index in [0.29, 0.717) is 17.9 Å². The third kappa shape index (κ3) is 2.94. The highest BCUT2D eigenvalue weighted by Crippen LogP contribution is 2.28. The summed E-state index contributed by atoms with van der Waals surface area (Å²) in [5.74, 6) is 1.30. The Morgan fingerprint density at radius 1 is 1.14 bits per heavy atom. The maximum Gasteiger partial charge on any atom is 0.0607 e. The minimum absolute atomic E-state index is 0.0203. The first-order valence-electron chi connectivity index (χ1n) is 5.66. The lowest BCUT2D eigenvalue weighted by atomic mass is 9.78. The zero-order chi connectivity index (χ0) is 10.6. The highest BCUT2D eigenvalue weighted by atomic mass is 16.3. The van der Waals surface area contributed by atoms with Crippen LogP contribution in [0.15, 0.2) is 0 Å². The van der Waals surface area contributed by atoms with Crippen molar-refractivity contribution in [2.75, 3.05) is 13.2 Å². The standard InChI is InChI=1S/C11H23NO2/c1-8-4-3-5-9(2)11(8)12-10(6-13)7-14/h8-14H,3-7H2,1-2H3/t8-,9-/m0/s1. The average Bonchev–Trinajstić information content (AvgIpc) is 2.18. The lowest BCUT2D eigenvalue weighted by Gasteiger charge is -2.37. The quantitative estimate of drug-likeness (QED) is 0.629. The van der Waals surface area contributed by atoms with Gasteiger partial charge in [0.15, 0.2) is 0 Å². The van der Waals surface area contributed by atoms with Crippen LogP contribution in [0.5, 0.6) is 0 Å². The molecule has 1 aliphatic rings. The highest BCUT2D eigenvalue weighted by molar-refractivity contribution is 4.85. The summed E-state index contributed by atoms with van der Waals surface area (Å²) >= 11 is 0. The van der Waals surface area contributed by atoms with E-state index in [2.05, 4.69) is 19.2 Å². The number of hydrogen-bond donors (Lipinski definition) is 3. The molecule has 0 unspecified atom stereocenters. The molecule has 0 heterocycles. The van der Waals surface area contributed by atoms with Crippen molar-refractivity contribution in [2.45, 2.75) is 45.2 Å². The second-order valence-electron chi connectivity index (χ2n) is 4.64. The van der Waals surface area contributed by atoms with Crippen LogP contribution in [0.4, 0.5) is 0 Å². The largest absolute Gasteiger partial charge is 0.395 e. The predicted molar refractivity (Wildman–Crippen MR) is 57.1 cm³/mol. The second-order valence-corrected chi connectivity index (χ2v) is 4.64. The minimum atomic E-state index is -0.150. The molecule has 1 saturated carbocycles. The number of hydrogen-bond acceptors (Lipinski definition) is 3. The van der Waals surface area contributed by atoms with E-state index in [9.17, 15) is 0 Å². The van der Waals surface area contributed by atoms with Crippen LogP contribution in [0.1, 0.15) is 33.1 Å². The highest BCUT2D eigenvalue weighted by Gasteiger charge is 2.28. The molecule has 0 amide bonds. The minimum Gasteiger partial charge on any atom is -0.395 e. The molecule has 1 fully saturated rings. The predicted octanol–water partition coefficient (Wildman–Crippen LogP) is 0.754. The Kier molecular flexibility index (Phi) is 4.85. The van der Waals surface area contributed by atoms with Gasteiger partial charge >= 0.3 is 0 Å². The molecule has 3 N–H and O–H groups in total. The molecule has 2 atom stereocenters. The Balaban J connectivity index is 2.46. The van der Waals surface area contributed by atoms with Crippen molar-refractivity contribution in [1.82, 2.24) is 5.32 Å². The molecule has 1 rings (SSSR count). The lowest BCUT2D eigenvalue weighted by Crippen LogP contribution is -2.50. The summed E-state index contributed by atoms with van der Waals surface area (Å²) in [7, 11) is 0. The molecule has 0 radical (unpaired) electrons. The van der Waals surface area contributed by atoms with Gasteiger partial charge in [0.05, 0.1) is 19.3 Å². The molecule has 0 spiro atoms. The third-order valence-electron chi connectivity index (χ3n) is 3.41. The van der Waals surface area contributed by atoms with Gasteiger partial charge in [-0.2, -0.15) is 0 Å². The van der Waals surface area contributed by atoms with Crippen molar-refractivity contribution >= 4 is 0 Å². The summed E-state index contributed by atoms with van der Waals surface area (Å²) < 4.78 is 0. The summed E-state index contributed by atoms with van der Waals surface area (Å²) in [5, 5.41) is 21.4. The molecular weight excluding hydrogens is 178 g/mol. The summed E-state index contributed by atoms with van der Waals surface area (Å²) in [4.78, 5) is 0. The van der Waals surface area contributed by atoms with Gasteiger partial charge in [0.25, 0.3) is 0 Å². The Labute approximate surface area is 86.5 Å². The molecule has 84 valence electrons. The van der Waals surface area contributed by atoms with Gasteiger partial charge in [0, 0.05) is 6.04 Å². The van der Waals surface area contributed by atoms with Gasteiger partial charge in [-0.15, -0.1) is 0 Å². The SMILES string of the molecule is C[C@H]1CCC[C@H](C)C1NC(CO)CO. The van der Waals surface area contributed by atoms with Crippen molar-refractivity contribution in [3.05, 3.63) is 0 Å². The summed E-state index contributed by atoms with van der Waals surface area (Å²) in [6.07, 6.45) is 3.82. The molecule has 0 aromatic heterocycles.